The lowest BCUT2D eigenvalue weighted by molar-refractivity contribution is 0.251. The number of hydrogen-bond acceptors (Lipinski definition) is 5. The van der Waals surface area contributed by atoms with Crippen molar-refractivity contribution in [2.45, 2.75) is 6.54 Å². The molecule has 2 N–H and O–H groups in total. The summed E-state index contributed by atoms with van der Waals surface area (Å²) < 4.78 is 12.5. The Morgan fingerprint density at radius 1 is 1.14 bits per heavy atom. The van der Waals surface area contributed by atoms with Gasteiger partial charge in [-0.25, -0.2) is 9.78 Å². The Morgan fingerprint density at radius 2 is 1.97 bits per heavy atom. The van der Waals surface area contributed by atoms with Crippen molar-refractivity contribution in [2.24, 2.45) is 0 Å². The Morgan fingerprint density at radius 3 is 2.76 bits per heavy atom. The van der Waals surface area contributed by atoms with Crippen molar-refractivity contribution < 1.29 is 14.3 Å². The Kier molecular flexibility index (Phi) is 5.35. The second kappa shape index (κ2) is 8.24. The van der Waals surface area contributed by atoms with Crippen molar-refractivity contribution in [1.82, 2.24) is 14.7 Å². The SMILES string of the molecule is COc1ccc(CNC(=O)Nc2ccccc2-c2cn3ccsc3n2)cc1OC. The van der Waals surface area contributed by atoms with Crippen LogP contribution in [0.4, 0.5) is 10.5 Å². The minimum Gasteiger partial charge on any atom is -0.493 e. The third-order valence-electron chi connectivity index (χ3n) is 4.45. The zero-order valence-corrected chi connectivity index (χ0v) is 16.8. The predicted octanol–water partition coefficient (Wildman–Crippen LogP) is 4.40. The van der Waals surface area contributed by atoms with Crippen LogP contribution < -0.4 is 20.1 Å². The van der Waals surface area contributed by atoms with Gasteiger partial charge in [0.2, 0.25) is 0 Å². The highest BCUT2D eigenvalue weighted by Crippen LogP contribution is 2.29. The van der Waals surface area contributed by atoms with E-state index >= 15 is 0 Å². The Hall–Kier alpha value is -3.52. The van der Waals surface area contributed by atoms with Gasteiger partial charge in [0.1, 0.15) is 0 Å². The maximum atomic E-state index is 12.5. The zero-order chi connectivity index (χ0) is 20.2. The number of thiazole rings is 1. The number of rotatable bonds is 6. The van der Waals surface area contributed by atoms with Crippen molar-refractivity contribution in [3.8, 4) is 22.8 Å². The van der Waals surface area contributed by atoms with E-state index in [4.69, 9.17) is 9.47 Å². The second-order valence-corrected chi connectivity index (χ2v) is 7.13. The first-order valence-electron chi connectivity index (χ1n) is 8.95. The highest BCUT2D eigenvalue weighted by atomic mass is 32.1. The van der Waals surface area contributed by atoms with E-state index in [-0.39, 0.29) is 6.03 Å². The van der Waals surface area contributed by atoms with Crippen LogP contribution in [0.15, 0.2) is 60.2 Å². The molecule has 0 bridgehead atoms. The Balaban J connectivity index is 1.46. The van der Waals surface area contributed by atoms with Crippen LogP contribution in [0.5, 0.6) is 11.5 Å². The number of nitrogens with zero attached hydrogens (tertiary/aromatic N) is 2. The summed E-state index contributed by atoms with van der Waals surface area (Å²) in [7, 11) is 3.17. The van der Waals surface area contributed by atoms with E-state index in [2.05, 4.69) is 15.6 Å². The monoisotopic (exact) mass is 408 g/mol. The van der Waals surface area contributed by atoms with E-state index < -0.39 is 0 Å². The predicted molar refractivity (Wildman–Crippen MR) is 114 cm³/mol. The number of nitrogens with one attached hydrogen (secondary N) is 2. The third kappa shape index (κ3) is 4.02. The standard InChI is InChI=1S/C21H20N4O3S/c1-27-18-8-7-14(11-19(18)28-2)12-22-20(26)23-16-6-4-3-5-15(16)17-13-25-9-10-29-21(25)24-17/h3-11,13H,12H2,1-2H3,(H2,22,23,26). The molecule has 7 nitrogen and oxygen atoms in total. The zero-order valence-electron chi connectivity index (χ0n) is 16.0. The first kappa shape index (κ1) is 18.8. The van der Waals surface area contributed by atoms with Gasteiger partial charge in [-0.05, 0) is 23.8 Å². The molecule has 0 fully saturated rings. The lowest BCUT2D eigenvalue weighted by atomic mass is 10.1. The van der Waals surface area contributed by atoms with Gasteiger partial charge in [0.05, 0.1) is 25.6 Å². The molecule has 0 unspecified atom stereocenters. The average Bonchev–Trinajstić information content (AvgIpc) is 3.34. The van der Waals surface area contributed by atoms with Crippen molar-refractivity contribution in [2.75, 3.05) is 19.5 Å². The summed E-state index contributed by atoms with van der Waals surface area (Å²) in [5, 5.41) is 7.77. The molecule has 2 heterocycles. The van der Waals surface area contributed by atoms with Crippen LogP contribution in [-0.2, 0) is 6.54 Å². The fourth-order valence-electron chi connectivity index (χ4n) is 3.01. The smallest absolute Gasteiger partial charge is 0.319 e. The number of carbonyl (C=O) groups is 1. The molecule has 0 spiro atoms. The van der Waals surface area contributed by atoms with Gasteiger partial charge in [0.25, 0.3) is 0 Å². The van der Waals surface area contributed by atoms with Crippen LogP contribution in [0.1, 0.15) is 5.56 Å². The first-order chi connectivity index (χ1) is 14.2. The number of ether oxygens (including phenoxy) is 2. The first-order valence-corrected chi connectivity index (χ1v) is 9.83. The van der Waals surface area contributed by atoms with Gasteiger partial charge >= 0.3 is 6.03 Å². The molecular formula is C21H20N4O3S. The van der Waals surface area contributed by atoms with E-state index in [1.165, 1.54) is 0 Å². The summed E-state index contributed by atoms with van der Waals surface area (Å²) in [5.74, 6) is 1.27. The van der Waals surface area contributed by atoms with E-state index in [1.807, 2.05) is 64.6 Å². The molecule has 148 valence electrons. The molecule has 2 amide bonds. The van der Waals surface area contributed by atoms with Crippen molar-refractivity contribution >= 4 is 28.0 Å². The van der Waals surface area contributed by atoms with Crippen molar-refractivity contribution in [1.29, 1.82) is 0 Å². The molecule has 0 aliphatic rings. The number of para-hydroxylation sites is 1. The van der Waals surface area contributed by atoms with E-state index in [1.54, 1.807) is 25.6 Å². The summed E-state index contributed by atoms with van der Waals surface area (Å²) in [5.41, 5.74) is 3.28. The van der Waals surface area contributed by atoms with Crippen LogP contribution in [0.25, 0.3) is 16.2 Å². The molecule has 2 aromatic heterocycles. The molecule has 0 saturated carbocycles. The van der Waals surface area contributed by atoms with Gasteiger partial charge in [-0.3, -0.25) is 4.40 Å². The molecule has 0 atom stereocenters. The molecule has 0 aliphatic carbocycles. The number of imidazole rings is 1. The van der Waals surface area contributed by atoms with Crippen LogP contribution in [0.3, 0.4) is 0 Å². The number of urea groups is 1. The number of aromatic nitrogens is 2. The fraction of sp³-hybridized carbons (Fsp3) is 0.143. The van der Waals surface area contributed by atoms with Crippen LogP contribution in [-0.4, -0.2) is 29.6 Å². The number of benzene rings is 2. The molecule has 29 heavy (non-hydrogen) atoms. The summed E-state index contributed by atoms with van der Waals surface area (Å²) in [6.45, 7) is 0.356. The van der Waals surface area contributed by atoms with Crippen LogP contribution in [0, 0.1) is 0 Å². The van der Waals surface area contributed by atoms with Gasteiger partial charge in [-0.15, -0.1) is 11.3 Å². The highest BCUT2D eigenvalue weighted by Gasteiger charge is 2.12. The molecule has 2 aromatic carbocycles. The number of methoxy groups -OCH3 is 2. The van der Waals surface area contributed by atoms with Gasteiger partial charge in [0.15, 0.2) is 16.5 Å². The van der Waals surface area contributed by atoms with Gasteiger partial charge in [-0.1, -0.05) is 24.3 Å². The molecule has 4 aromatic rings. The lowest BCUT2D eigenvalue weighted by Crippen LogP contribution is -2.28. The topological polar surface area (TPSA) is 76.9 Å². The van der Waals surface area contributed by atoms with Gasteiger partial charge < -0.3 is 20.1 Å². The fourth-order valence-corrected chi connectivity index (χ4v) is 3.71. The largest absolute Gasteiger partial charge is 0.493 e. The van der Waals surface area contributed by atoms with Crippen molar-refractivity contribution in [3.63, 3.8) is 0 Å². The molecule has 8 heteroatoms. The number of carbonyl (C=O) groups excluding carboxylic acids is 1. The van der Waals surface area contributed by atoms with E-state index in [9.17, 15) is 4.79 Å². The minimum atomic E-state index is -0.298. The number of fused-ring (bicyclic) bond motifs is 1. The summed E-state index contributed by atoms with van der Waals surface area (Å²) in [6, 6.07) is 12.8. The molecule has 0 saturated heterocycles. The number of amides is 2. The lowest BCUT2D eigenvalue weighted by Gasteiger charge is -2.12. The van der Waals surface area contributed by atoms with Crippen LogP contribution >= 0.6 is 11.3 Å². The number of hydrogen-bond donors (Lipinski definition) is 2. The van der Waals surface area contributed by atoms with E-state index in [0.717, 1.165) is 21.8 Å². The maximum absolute atomic E-state index is 12.5. The Labute approximate surface area is 171 Å². The summed E-state index contributed by atoms with van der Waals surface area (Å²) >= 11 is 1.57. The van der Waals surface area contributed by atoms with Gasteiger partial charge in [0, 0.05) is 29.9 Å². The quantitative estimate of drug-likeness (QED) is 0.496. The molecule has 0 aliphatic heterocycles. The second-order valence-electron chi connectivity index (χ2n) is 6.26. The maximum Gasteiger partial charge on any atom is 0.319 e. The van der Waals surface area contributed by atoms with Gasteiger partial charge in [-0.2, -0.15) is 0 Å². The Bertz CT molecular complexity index is 1120. The molecular weight excluding hydrogens is 388 g/mol. The summed E-state index contributed by atoms with van der Waals surface area (Å²) in [6.07, 6.45) is 3.91. The van der Waals surface area contributed by atoms with Crippen LogP contribution in [0.2, 0.25) is 0 Å². The molecule has 4 rings (SSSR count). The van der Waals surface area contributed by atoms with Crippen molar-refractivity contribution in [3.05, 3.63) is 65.8 Å². The molecule has 0 radical (unpaired) electrons. The van der Waals surface area contributed by atoms with E-state index in [0.29, 0.717) is 23.7 Å². The minimum absolute atomic E-state index is 0.298. The normalized spacial score (nSPS) is 10.7. The third-order valence-corrected chi connectivity index (χ3v) is 5.22. The summed E-state index contributed by atoms with van der Waals surface area (Å²) in [4.78, 5) is 18.0. The average molecular weight is 408 g/mol. The highest BCUT2D eigenvalue weighted by molar-refractivity contribution is 7.15. The number of anilines is 1.